The predicted molar refractivity (Wildman–Crippen MR) is 112 cm³/mol. The molecule has 1 heterocycles. The zero-order valence-corrected chi connectivity index (χ0v) is 16.2. The number of anilines is 1. The first-order valence-electron chi connectivity index (χ1n) is 9.43. The number of halogens is 1. The van der Waals surface area contributed by atoms with Gasteiger partial charge in [0.15, 0.2) is 0 Å². The summed E-state index contributed by atoms with van der Waals surface area (Å²) in [6.45, 7) is 1.88. The van der Waals surface area contributed by atoms with Crippen LogP contribution in [0.3, 0.4) is 0 Å². The fourth-order valence-electron chi connectivity index (χ4n) is 3.59. The second-order valence-electron chi connectivity index (χ2n) is 7.16. The molecule has 148 valence electrons. The van der Waals surface area contributed by atoms with Gasteiger partial charge >= 0.3 is 5.97 Å². The van der Waals surface area contributed by atoms with Gasteiger partial charge in [0.2, 0.25) is 0 Å². The van der Waals surface area contributed by atoms with E-state index in [-0.39, 0.29) is 17.4 Å². The van der Waals surface area contributed by atoms with E-state index in [0.29, 0.717) is 12.0 Å². The van der Waals surface area contributed by atoms with Gasteiger partial charge in [-0.1, -0.05) is 24.3 Å². The van der Waals surface area contributed by atoms with Crippen LogP contribution in [-0.4, -0.2) is 16.8 Å². The molecule has 0 spiro atoms. The minimum absolute atomic E-state index is 0.146. The Hall–Kier alpha value is -3.98. The highest BCUT2D eigenvalue weighted by atomic mass is 19.1. The molecule has 0 saturated carbocycles. The summed E-state index contributed by atoms with van der Waals surface area (Å²) in [5, 5.41) is 25.0. The Morgan fingerprint density at radius 2 is 1.83 bits per heavy atom. The van der Waals surface area contributed by atoms with Crippen LogP contribution in [0.1, 0.15) is 45.1 Å². The monoisotopic (exact) mass is 399 g/mol. The quantitative estimate of drug-likeness (QED) is 0.665. The Morgan fingerprint density at radius 3 is 2.43 bits per heavy atom. The van der Waals surface area contributed by atoms with Crippen LogP contribution in [0.5, 0.6) is 0 Å². The van der Waals surface area contributed by atoms with Crippen molar-refractivity contribution in [3.63, 3.8) is 0 Å². The molecule has 3 aromatic carbocycles. The van der Waals surface area contributed by atoms with Gasteiger partial charge in [-0.05, 0) is 66.1 Å². The van der Waals surface area contributed by atoms with E-state index < -0.39 is 5.97 Å². The molecule has 1 N–H and O–H groups in total. The van der Waals surface area contributed by atoms with Gasteiger partial charge in [-0.3, -0.25) is 5.01 Å². The first-order chi connectivity index (χ1) is 14.5. The molecule has 3 aromatic rings. The van der Waals surface area contributed by atoms with Crippen molar-refractivity contribution < 1.29 is 14.3 Å². The number of aryl methyl sites for hydroxylation is 1. The molecule has 0 aromatic heterocycles. The smallest absolute Gasteiger partial charge is 0.335 e. The maximum atomic E-state index is 13.5. The Labute approximate surface area is 173 Å². The minimum atomic E-state index is -0.978. The number of rotatable bonds is 4. The summed E-state index contributed by atoms with van der Waals surface area (Å²) in [7, 11) is 0. The van der Waals surface area contributed by atoms with Crippen LogP contribution in [-0.2, 0) is 0 Å². The number of hydrogen-bond donors (Lipinski definition) is 1. The highest BCUT2D eigenvalue weighted by Crippen LogP contribution is 2.37. The van der Waals surface area contributed by atoms with Crippen molar-refractivity contribution in [2.75, 3.05) is 5.01 Å². The lowest BCUT2D eigenvalue weighted by Gasteiger charge is -2.24. The van der Waals surface area contributed by atoms with Crippen molar-refractivity contribution in [2.45, 2.75) is 19.4 Å². The second-order valence-corrected chi connectivity index (χ2v) is 7.16. The van der Waals surface area contributed by atoms with Gasteiger partial charge < -0.3 is 5.11 Å². The van der Waals surface area contributed by atoms with Crippen molar-refractivity contribution >= 4 is 17.4 Å². The molecule has 0 bridgehead atoms. The molecule has 0 fully saturated rings. The van der Waals surface area contributed by atoms with Gasteiger partial charge in [0, 0.05) is 6.42 Å². The Morgan fingerprint density at radius 1 is 1.13 bits per heavy atom. The number of hydrazone groups is 1. The summed E-state index contributed by atoms with van der Waals surface area (Å²) in [6.07, 6.45) is 0.580. The molecular formula is C24H18FN3O2. The van der Waals surface area contributed by atoms with Gasteiger partial charge in [-0.25, -0.2) is 9.18 Å². The maximum Gasteiger partial charge on any atom is 0.335 e. The van der Waals surface area contributed by atoms with Crippen LogP contribution in [0.15, 0.2) is 71.8 Å². The molecule has 1 aliphatic rings. The van der Waals surface area contributed by atoms with Gasteiger partial charge in [0.1, 0.15) is 5.82 Å². The molecule has 0 radical (unpaired) electrons. The summed E-state index contributed by atoms with van der Waals surface area (Å²) in [6, 6.07) is 20.5. The first-order valence-corrected chi connectivity index (χ1v) is 9.43. The van der Waals surface area contributed by atoms with E-state index >= 15 is 0 Å². The van der Waals surface area contributed by atoms with Crippen LogP contribution in [0, 0.1) is 24.1 Å². The number of nitrogens with zero attached hydrogens (tertiary/aromatic N) is 3. The Kier molecular flexibility index (Phi) is 5.03. The topological polar surface area (TPSA) is 76.7 Å². The lowest BCUT2D eigenvalue weighted by Crippen LogP contribution is -2.18. The molecule has 0 saturated heterocycles. The van der Waals surface area contributed by atoms with Crippen molar-refractivity contribution in [3.8, 4) is 6.07 Å². The normalized spacial score (nSPS) is 15.6. The molecule has 5 nitrogen and oxygen atoms in total. The zero-order chi connectivity index (χ0) is 21.3. The third-order valence-electron chi connectivity index (χ3n) is 5.23. The summed E-state index contributed by atoms with van der Waals surface area (Å²) >= 11 is 0. The zero-order valence-electron chi connectivity index (χ0n) is 16.2. The molecule has 30 heavy (non-hydrogen) atoms. The third-order valence-corrected chi connectivity index (χ3v) is 5.23. The number of benzene rings is 3. The highest BCUT2D eigenvalue weighted by Gasteiger charge is 2.30. The van der Waals surface area contributed by atoms with Crippen molar-refractivity contribution in [1.82, 2.24) is 0 Å². The fourth-order valence-corrected chi connectivity index (χ4v) is 3.59. The van der Waals surface area contributed by atoms with Gasteiger partial charge in [0.05, 0.1) is 34.6 Å². The molecule has 4 rings (SSSR count). The van der Waals surface area contributed by atoms with E-state index in [2.05, 4.69) is 6.07 Å². The summed E-state index contributed by atoms with van der Waals surface area (Å²) < 4.78 is 13.5. The number of carbonyl (C=O) groups is 1. The molecular weight excluding hydrogens is 381 g/mol. The van der Waals surface area contributed by atoms with E-state index in [9.17, 15) is 14.4 Å². The summed E-state index contributed by atoms with van der Waals surface area (Å²) in [5.74, 6) is -1.28. The van der Waals surface area contributed by atoms with Gasteiger partial charge in [-0.15, -0.1) is 0 Å². The Bertz CT molecular complexity index is 1180. The minimum Gasteiger partial charge on any atom is -0.478 e. The Balaban J connectivity index is 1.75. The summed E-state index contributed by atoms with van der Waals surface area (Å²) in [5.41, 5.74) is 5.06. The predicted octanol–water partition coefficient (Wildman–Crippen LogP) is 5.06. The molecule has 1 aliphatic heterocycles. The fraction of sp³-hybridized carbons (Fsp3) is 0.125. The first kappa shape index (κ1) is 19.3. The SMILES string of the molecule is Cc1cc(N2N=C(c3ccc(C(=O)O)cc3)CC2c2ccc(F)cc2)ccc1C#N. The standard InChI is InChI=1S/C24H18FN3O2/c1-15-12-21(11-8-19(15)14-26)28-23(17-6-9-20(25)10-7-17)13-22(27-28)16-2-4-18(5-3-16)24(29)30/h2-12,23H,13H2,1H3,(H,29,30). The van der Waals surface area contributed by atoms with E-state index in [1.54, 1.807) is 42.5 Å². The number of carboxylic acids is 1. The largest absolute Gasteiger partial charge is 0.478 e. The van der Waals surface area contributed by atoms with Crippen LogP contribution < -0.4 is 5.01 Å². The molecule has 0 amide bonds. The van der Waals surface area contributed by atoms with Crippen molar-refractivity contribution in [1.29, 1.82) is 5.26 Å². The average molecular weight is 399 g/mol. The summed E-state index contributed by atoms with van der Waals surface area (Å²) in [4.78, 5) is 11.1. The number of nitriles is 1. The van der Waals surface area contributed by atoms with Crippen LogP contribution in [0.2, 0.25) is 0 Å². The van der Waals surface area contributed by atoms with Crippen LogP contribution in [0.4, 0.5) is 10.1 Å². The van der Waals surface area contributed by atoms with E-state index in [4.69, 9.17) is 10.2 Å². The number of hydrogen-bond acceptors (Lipinski definition) is 4. The lowest BCUT2D eigenvalue weighted by molar-refractivity contribution is 0.0697. The average Bonchev–Trinajstić information content (AvgIpc) is 3.19. The van der Waals surface area contributed by atoms with E-state index in [1.165, 1.54) is 12.1 Å². The van der Waals surface area contributed by atoms with Crippen molar-refractivity contribution in [3.05, 3.63) is 100 Å². The lowest BCUT2D eigenvalue weighted by atomic mass is 9.97. The van der Waals surface area contributed by atoms with E-state index in [1.807, 2.05) is 24.1 Å². The van der Waals surface area contributed by atoms with E-state index in [0.717, 1.165) is 28.1 Å². The number of aromatic carboxylic acids is 1. The van der Waals surface area contributed by atoms with Gasteiger partial charge in [0.25, 0.3) is 0 Å². The van der Waals surface area contributed by atoms with Crippen LogP contribution in [0.25, 0.3) is 0 Å². The van der Waals surface area contributed by atoms with Crippen molar-refractivity contribution in [2.24, 2.45) is 5.10 Å². The molecule has 1 atom stereocenters. The number of carboxylic acid groups (broad SMARTS) is 1. The molecule has 1 unspecified atom stereocenters. The highest BCUT2D eigenvalue weighted by molar-refractivity contribution is 6.04. The second kappa shape index (κ2) is 7.80. The maximum absolute atomic E-state index is 13.5. The van der Waals surface area contributed by atoms with Crippen LogP contribution >= 0.6 is 0 Å². The third kappa shape index (κ3) is 3.65. The molecule has 6 heteroatoms. The van der Waals surface area contributed by atoms with Gasteiger partial charge in [-0.2, -0.15) is 10.4 Å². The molecule has 0 aliphatic carbocycles.